The van der Waals surface area contributed by atoms with Gasteiger partial charge < -0.3 is 10.1 Å². The second-order valence-corrected chi connectivity index (χ2v) is 12.1. The van der Waals surface area contributed by atoms with Crippen LogP contribution in [0.3, 0.4) is 0 Å². The average Bonchev–Trinajstić information content (AvgIpc) is 3.15. The molecule has 0 spiro atoms. The third kappa shape index (κ3) is 5.36. The molecule has 0 unspecified atom stereocenters. The number of carbonyl (C=O) groups excluding carboxylic acids is 1. The molecule has 3 heterocycles. The number of rotatable bonds is 7. The normalized spacial score (nSPS) is 22.8. The number of hydrogen-bond donors (Lipinski definition) is 1. The van der Waals surface area contributed by atoms with Gasteiger partial charge in [-0.05, 0) is 47.2 Å². The number of amides is 1. The Morgan fingerprint density at radius 2 is 1.89 bits per heavy atom. The van der Waals surface area contributed by atoms with Crippen LogP contribution in [-0.4, -0.2) is 53.0 Å². The summed E-state index contributed by atoms with van der Waals surface area (Å²) in [6, 6.07) is 17.2. The van der Waals surface area contributed by atoms with Gasteiger partial charge in [0, 0.05) is 24.3 Å². The lowest BCUT2D eigenvalue weighted by molar-refractivity contribution is 0.0970. The van der Waals surface area contributed by atoms with Crippen molar-refractivity contribution in [2.45, 2.75) is 44.9 Å². The number of aromatic nitrogens is 2. The maximum Gasteiger partial charge on any atom is 0.410 e. The van der Waals surface area contributed by atoms with E-state index in [2.05, 4.69) is 41.3 Å². The van der Waals surface area contributed by atoms with Crippen LogP contribution in [0, 0.1) is 5.92 Å². The van der Waals surface area contributed by atoms with E-state index in [4.69, 9.17) is 4.74 Å². The summed E-state index contributed by atoms with van der Waals surface area (Å²) in [4.78, 5) is 22.5. The van der Waals surface area contributed by atoms with E-state index in [1.165, 1.54) is 11.9 Å². The molecule has 2 aliphatic rings. The Kier molecular flexibility index (Phi) is 6.66. The Labute approximate surface area is 211 Å². The van der Waals surface area contributed by atoms with E-state index in [-0.39, 0.29) is 17.4 Å². The highest BCUT2D eigenvalue weighted by Gasteiger charge is 2.51. The first-order chi connectivity index (χ1) is 17.3. The minimum atomic E-state index is -3.33. The van der Waals surface area contributed by atoms with Crippen molar-refractivity contribution >= 4 is 27.4 Å². The fraction of sp³-hybridized carbons (Fsp3) is 0.370. The standard InChI is InChI=1S/C27H30N4O4S/c1-18(2)21-5-3-4-20(13-21)14-31-24-16-36(33,34)15-22(26(24)35-27(31)32)12-19-6-8-23(9-7-19)30-25-10-11-28-17-29-25/h3-11,13,17-18,22,24,26H,12,14-16H2,1-2H3,(H,28,29,30)/t22-,24+,26+/m1/s1. The van der Waals surface area contributed by atoms with E-state index in [0.717, 1.165) is 16.8 Å². The maximum atomic E-state index is 12.9. The van der Waals surface area contributed by atoms with Gasteiger partial charge in [0.15, 0.2) is 9.84 Å². The van der Waals surface area contributed by atoms with Crippen molar-refractivity contribution < 1.29 is 17.9 Å². The van der Waals surface area contributed by atoms with Crippen LogP contribution in [0.1, 0.15) is 36.5 Å². The molecule has 8 nitrogen and oxygen atoms in total. The highest BCUT2D eigenvalue weighted by Crippen LogP contribution is 2.35. The zero-order valence-corrected chi connectivity index (χ0v) is 21.2. The molecular weight excluding hydrogens is 476 g/mol. The summed E-state index contributed by atoms with van der Waals surface area (Å²) in [6.45, 7) is 4.58. The number of sulfone groups is 1. The molecule has 0 radical (unpaired) electrons. The van der Waals surface area contributed by atoms with E-state index >= 15 is 0 Å². The molecule has 0 saturated carbocycles. The van der Waals surface area contributed by atoms with Gasteiger partial charge in [-0.1, -0.05) is 50.2 Å². The molecule has 1 amide bonds. The van der Waals surface area contributed by atoms with Crippen LogP contribution in [0.15, 0.2) is 67.1 Å². The van der Waals surface area contributed by atoms with Gasteiger partial charge in [-0.2, -0.15) is 0 Å². The predicted octanol–water partition coefficient (Wildman–Crippen LogP) is 4.32. The van der Waals surface area contributed by atoms with Crippen LogP contribution >= 0.6 is 0 Å². The number of nitrogens with zero attached hydrogens (tertiary/aromatic N) is 3. The van der Waals surface area contributed by atoms with Gasteiger partial charge in [-0.3, -0.25) is 4.90 Å². The first-order valence-corrected chi connectivity index (χ1v) is 14.0. The van der Waals surface area contributed by atoms with Crippen LogP contribution in [0.4, 0.5) is 16.3 Å². The summed E-state index contributed by atoms with van der Waals surface area (Å²) in [6.07, 6.45) is 2.76. The topological polar surface area (TPSA) is 101 Å². The first-order valence-electron chi connectivity index (χ1n) is 12.2. The van der Waals surface area contributed by atoms with E-state index in [0.29, 0.717) is 24.7 Å². The molecule has 0 bridgehead atoms. The van der Waals surface area contributed by atoms with Crippen molar-refractivity contribution in [2.75, 3.05) is 16.8 Å². The number of hydrogen-bond acceptors (Lipinski definition) is 7. The SMILES string of the molecule is CC(C)c1cccc(CN2C(=O)O[C@H]3[C@H](Cc4ccc(Nc5ccncn5)cc4)CS(=O)(=O)C[C@@H]32)c1. The summed E-state index contributed by atoms with van der Waals surface area (Å²) in [5, 5.41) is 3.21. The summed E-state index contributed by atoms with van der Waals surface area (Å²) in [5.41, 5.74) is 4.02. The van der Waals surface area contributed by atoms with Gasteiger partial charge in [0.2, 0.25) is 0 Å². The second-order valence-electron chi connectivity index (χ2n) is 9.90. The van der Waals surface area contributed by atoms with Crippen molar-refractivity contribution in [2.24, 2.45) is 5.92 Å². The van der Waals surface area contributed by atoms with Crippen molar-refractivity contribution in [3.63, 3.8) is 0 Å². The quantitative estimate of drug-likeness (QED) is 0.509. The minimum Gasteiger partial charge on any atom is -0.444 e. The molecule has 2 aromatic carbocycles. The molecule has 3 atom stereocenters. The molecule has 2 aliphatic heterocycles. The molecule has 0 aliphatic carbocycles. The molecule has 188 valence electrons. The zero-order valence-electron chi connectivity index (χ0n) is 20.4. The lowest BCUT2D eigenvalue weighted by Gasteiger charge is -2.34. The summed E-state index contributed by atoms with van der Waals surface area (Å²) >= 11 is 0. The third-order valence-corrected chi connectivity index (χ3v) is 8.67. The van der Waals surface area contributed by atoms with Crippen LogP contribution < -0.4 is 5.32 Å². The smallest absolute Gasteiger partial charge is 0.410 e. The molecular formula is C27H30N4O4S. The van der Waals surface area contributed by atoms with Gasteiger partial charge >= 0.3 is 6.09 Å². The van der Waals surface area contributed by atoms with Crippen LogP contribution in [0.5, 0.6) is 0 Å². The van der Waals surface area contributed by atoms with Gasteiger partial charge in [-0.25, -0.2) is 23.2 Å². The molecule has 36 heavy (non-hydrogen) atoms. The minimum absolute atomic E-state index is 0.0130. The molecule has 3 aromatic rings. The van der Waals surface area contributed by atoms with Crippen LogP contribution in [0.25, 0.3) is 0 Å². The number of benzene rings is 2. The van der Waals surface area contributed by atoms with E-state index in [1.54, 1.807) is 17.2 Å². The highest BCUT2D eigenvalue weighted by atomic mass is 32.2. The lowest BCUT2D eigenvalue weighted by Crippen LogP contribution is -2.51. The third-order valence-electron chi connectivity index (χ3n) is 6.89. The van der Waals surface area contributed by atoms with Crippen LogP contribution in [0.2, 0.25) is 0 Å². The summed E-state index contributed by atoms with van der Waals surface area (Å²) < 4.78 is 31.6. The molecule has 1 aromatic heterocycles. The molecule has 2 fully saturated rings. The number of fused-ring (bicyclic) bond motifs is 1. The molecule has 9 heteroatoms. The monoisotopic (exact) mass is 506 g/mol. The maximum absolute atomic E-state index is 12.9. The van der Waals surface area contributed by atoms with Gasteiger partial charge in [-0.15, -0.1) is 0 Å². The van der Waals surface area contributed by atoms with E-state index < -0.39 is 28.1 Å². The molecule has 1 N–H and O–H groups in total. The Morgan fingerprint density at radius 3 is 2.61 bits per heavy atom. The lowest BCUT2D eigenvalue weighted by atomic mass is 9.91. The number of ether oxygens (including phenoxy) is 1. The Hall–Kier alpha value is -3.46. The molecule has 2 saturated heterocycles. The number of carbonyl (C=O) groups is 1. The van der Waals surface area contributed by atoms with E-state index in [9.17, 15) is 13.2 Å². The van der Waals surface area contributed by atoms with Gasteiger partial charge in [0.25, 0.3) is 0 Å². The number of anilines is 2. The summed E-state index contributed by atoms with van der Waals surface area (Å²) in [5.74, 6) is 0.705. The van der Waals surface area contributed by atoms with Crippen molar-refractivity contribution in [1.29, 1.82) is 0 Å². The highest BCUT2D eigenvalue weighted by molar-refractivity contribution is 7.91. The fourth-order valence-electron chi connectivity index (χ4n) is 5.06. The Morgan fingerprint density at radius 1 is 1.08 bits per heavy atom. The Bertz CT molecular complexity index is 1330. The van der Waals surface area contributed by atoms with Gasteiger partial charge in [0.1, 0.15) is 18.2 Å². The zero-order chi connectivity index (χ0) is 25.3. The van der Waals surface area contributed by atoms with E-state index in [1.807, 2.05) is 36.4 Å². The average molecular weight is 507 g/mol. The van der Waals surface area contributed by atoms with Gasteiger partial charge in [0.05, 0.1) is 17.5 Å². The predicted molar refractivity (Wildman–Crippen MR) is 138 cm³/mol. The molecule has 5 rings (SSSR count). The number of nitrogens with one attached hydrogen (secondary N) is 1. The summed E-state index contributed by atoms with van der Waals surface area (Å²) in [7, 11) is -3.33. The van der Waals surface area contributed by atoms with Crippen molar-refractivity contribution in [1.82, 2.24) is 14.9 Å². The van der Waals surface area contributed by atoms with Crippen LogP contribution in [-0.2, 0) is 27.5 Å². The van der Waals surface area contributed by atoms with Crippen molar-refractivity contribution in [3.8, 4) is 0 Å². The second kappa shape index (κ2) is 9.89. The first kappa shape index (κ1) is 24.2. The fourth-order valence-corrected chi connectivity index (χ4v) is 7.05. The largest absolute Gasteiger partial charge is 0.444 e. The Balaban J connectivity index is 1.31. The van der Waals surface area contributed by atoms with Crippen molar-refractivity contribution in [3.05, 3.63) is 83.8 Å².